The molecular formula is C50H91NO5. The Balaban J connectivity index is 4.47. The third-order valence-corrected chi connectivity index (χ3v) is 10.6. The summed E-state index contributed by atoms with van der Waals surface area (Å²) in [6.07, 6.45) is 51.8. The largest absolute Gasteiger partial charge is 0.462 e. The Kier molecular flexibility index (Phi) is 42.2. The van der Waals surface area contributed by atoms with Gasteiger partial charge in [0, 0.05) is 6.42 Å². The summed E-state index contributed by atoms with van der Waals surface area (Å²) in [5.74, 6) is -0.519. The van der Waals surface area contributed by atoms with Gasteiger partial charge < -0.3 is 20.3 Å². The number of carbonyl (C=O) groups is 2. The molecule has 0 aliphatic rings. The number of allylic oxidation sites excluding steroid dienone is 8. The highest BCUT2D eigenvalue weighted by Crippen LogP contribution is 2.17. The van der Waals surface area contributed by atoms with Crippen LogP contribution in [-0.4, -0.2) is 46.9 Å². The maximum absolute atomic E-state index is 13.1. The number of unbranched alkanes of at least 4 members (excludes halogenated alkanes) is 22. The van der Waals surface area contributed by atoms with Crippen molar-refractivity contribution in [2.24, 2.45) is 0 Å². The van der Waals surface area contributed by atoms with E-state index in [-0.39, 0.29) is 24.9 Å². The van der Waals surface area contributed by atoms with Gasteiger partial charge in [0.25, 0.3) is 0 Å². The smallest absolute Gasteiger partial charge is 0.306 e. The molecule has 3 unspecified atom stereocenters. The van der Waals surface area contributed by atoms with Crippen LogP contribution in [0.2, 0.25) is 0 Å². The van der Waals surface area contributed by atoms with E-state index in [4.69, 9.17) is 4.74 Å². The molecule has 0 spiro atoms. The van der Waals surface area contributed by atoms with Crippen LogP contribution in [0.3, 0.4) is 0 Å². The zero-order chi connectivity index (χ0) is 41.0. The second-order valence-electron chi connectivity index (χ2n) is 16.1. The van der Waals surface area contributed by atoms with E-state index in [1.807, 2.05) is 0 Å². The minimum atomic E-state index is -0.794. The third kappa shape index (κ3) is 38.7. The molecule has 6 heteroatoms. The summed E-state index contributed by atoms with van der Waals surface area (Å²) in [4.78, 5) is 25.9. The zero-order valence-electron chi connectivity index (χ0n) is 37.0. The Morgan fingerprint density at radius 2 is 1.00 bits per heavy atom. The van der Waals surface area contributed by atoms with E-state index in [9.17, 15) is 19.8 Å². The van der Waals surface area contributed by atoms with Gasteiger partial charge in [-0.15, -0.1) is 0 Å². The number of aliphatic hydroxyl groups excluding tert-OH is 2. The topological polar surface area (TPSA) is 95.9 Å². The summed E-state index contributed by atoms with van der Waals surface area (Å²) < 4.78 is 5.87. The highest BCUT2D eigenvalue weighted by molar-refractivity contribution is 5.77. The molecule has 0 fully saturated rings. The maximum atomic E-state index is 13.1. The van der Waals surface area contributed by atoms with Crippen LogP contribution in [-0.2, 0) is 14.3 Å². The molecule has 326 valence electrons. The van der Waals surface area contributed by atoms with E-state index in [2.05, 4.69) is 74.7 Å². The van der Waals surface area contributed by atoms with Crippen LogP contribution in [0.5, 0.6) is 0 Å². The fraction of sp³-hybridized carbons (Fsp3) is 0.800. The number of rotatable bonds is 42. The predicted octanol–water partition coefficient (Wildman–Crippen LogP) is 13.9. The highest BCUT2D eigenvalue weighted by Gasteiger charge is 2.24. The van der Waals surface area contributed by atoms with Crippen LogP contribution in [0.25, 0.3) is 0 Å². The fourth-order valence-corrected chi connectivity index (χ4v) is 7.03. The molecule has 0 rings (SSSR count). The van der Waals surface area contributed by atoms with Gasteiger partial charge in [0.05, 0.1) is 25.2 Å². The number of hydrogen-bond acceptors (Lipinski definition) is 5. The molecule has 6 nitrogen and oxygen atoms in total. The molecule has 1 amide bonds. The number of hydrogen-bond donors (Lipinski definition) is 3. The zero-order valence-corrected chi connectivity index (χ0v) is 37.0. The normalized spacial score (nSPS) is 13.7. The van der Waals surface area contributed by atoms with Gasteiger partial charge in [-0.25, -0.2) is 0 Å². The van der Waals surface area contributed by atoms with Gasteiger partial charge in [0.15, 0.2) is 0 Å². The first kappa shape index (κ1) is 53.8. The van der Waals surface area contributed by atoms with Gasteiger partial charge in [-0.2, -0.15) is 0 Å². The molecule has 0 aromatic carbocycles. The van der Waals surface area contributed by atoms with E-state index >= 15 is 0 Å². The summed E-state index contributed by atoms with van der Waals surface area (Å²) in [7, 11) is 0. The lowest BCUT2D eigenvalue weighted by Gasteiger charge is -2.24. The second kappa shape index (κ2) is 43.9. The first-order valence-corrected chi connectivity index (χ1v) is 23.9. The fourth-order valence-electron chi connectivity index (χ4n) is 7.03. The Morgan fingerprint density at radius 1 is 0.536 bits per heavy atom. The number of esters is 1. The molecule has 56 heavy (non-hydrogen) atoms. The van der Waals surface area contributed by atoms with Crippen molar-refractivity contribution in [2.75, 3.05) is 6.61 Å². The first-order chi connectivity index (χ1) is 27.5. The van der Waals surface area contributed by atoms with E-state index in [0.717, 1.165) is 109 Å². The van der Waals surface area contributed by atoms with Crippen LogP contribution < -0.4 is 5.32 Å². The van der Waals surface area contributed by atoms with Crippen molar-refractivity contribution >= 4 is 11.9 Å². The predicted molar refractivity (Wildman–Crippen MR) is 241 cm³/mol. The van der Waals surface area contributed by atoms with E-state index in [1.54, 1.807) is 0 Å². The number of amides is 1. The van der Waals surface area contributed by atoms with Crippen LogP contribution in [0, 0.1) is 0 Å². The maximum Gasteiger partial charge on any atom is 0.306 e. The van der Waals surface area contributed by atoms with Gasteiger partial charge in [0.2, 0.25) is 5.91 Å². The summed E-state index contributed by atoms with van der Waals surface area (Å²) in [6.45, 7) is 6.29. The van der Waals surface area contributed by atoms with Crippen LogP contribution in [0.1, 0.15) is 233 Å². The molecule has 0 aliphatic heterocycles. The van der Waals surface area contributed by atoms with Crippen molar-refractivity contribution < 1.29 is 24.5 Å². The third-order valence-electron chi connectivity index (χ3n) is 10.6. The monoisotopic (exact) mass is 786 g/mol. The molecule has 0 aromatic heterocycles. The van der Waals surface area contributed by atoms with Crippen molar-refractivity contribution in [1.82, 2.24) is 5.32 Å². The summed E-state index contributed by atoms with van der Waals surface area (Å²) in [5, 5.41) is 23.7. The van der Waals surface area contributed by atoms with Crippen LogP contribution >= 0.6 is 0 Å². The Labute approximate surface area is 346 Å². The molecule has 0 aromatic rings. The average molecular weight is 786 g/mol. The van der Waals surface area contributed by atoms with Gasteiger partial charge in [-0.3, -0.25) is 9.59 Å². The molecule has 0 saturated carbocycles. The summed E-state index contributed by atoms with van der Waals surface area (Å²) in [6, 6.07) is -0.709. The van der Waals surface area contributed by atoms with Gasteiger partial charge in [-0.1, -0.05) is 191 Å². The van der Waals surface area contributed by atoms with E-state index in [0.29, 0.717) is 19.3 Å². The molecule has 0 saturated heterocycles. The molecule has 0 radical (unpaired) electrons. The lowest BCUT2D eigenvalue weighted by molar-refractivity contribution is -0.151. The molecule has 3 atom stereocenters. The van der Waals surface area contributed by atoms with Crippen LogP contribution in [0.4, 0.5) is 0 Å². The molecule has 0 heterocycles. The number of nitrogens with one attached hydrogen (secondary N) is 1. The molecule has 0 aliphatic carbocycles. The molecular weight excluding hydrogens is 695 g/mol. The Bertz CT molecular complexity index is 972. The quantitative estimate of drug-likeness (QED) is 0.0325. The van der Waals surface area contributed by atoms with E-state index in [1.165, 1.54) is 77.0 Å². The van der Waals surface area contributed by atoms with Gasteiger partial charge >= 0.3 is 5.97 Å². The average Bonchev–Trinajstić information content (AvgIpc) is 3.19. The van der Waals surface area contributed by atoms with Crippen LogP contribution in [0.15, 0.2) is 48.6 Å². The highest BCUT2D eigenvalue weighted by atomic mass is 16.5. The second-order valence-corrected chi connectivity index (χ2v) is 16.1. The standard InChI is InChI=1S/C50H91NO5/c1-4-7-10-13-16-19-21-23-25-26-28-30-33-36-39-42-48(53)47(45-52)51-49(54)44-46(41-38-35-32-18-15-12-9-6-3)56-50(55)43-40-37-34-31-29-27-24-22-20-17-14-11-8-5-2/h8,11-12,15,17,20,24,27,46-48,52-53H,4-7,9-10,13-14,16,18-19,21-23,25-26,28-45H2,1-3H3,(H,51,54)/b11-8+,15-12-,20-17+,27-24+. The lowest BCUT2D eigenvalue weighted by Crippen LogP contribution is -2.46. The van der Waals surface area contributed by atoms with E-state index < -0.39 is 18.2 Å². The van der Waals surface area contributed by atoms with Crippen molar-refractivity contribution in [3.8, 4) is 0 Å². The van der Waals surface area contributed by atoms with Crippen molar-refractivity contribution in [1.29, 1.82) is 0 Å². The van der Waals surface area contributed by atoms with Crippen molar-refractivity contribution in [3.63, 3.8) is 0 Å². The Morgan fingerprint density at radius 3 is 1.57 bits per heavy atom. The number of carbonyl (C=O) groups excluding carboxylic acids is 2. The van der Waals surface area contributed by atoms with Crippen molar-refractivity contribution in [3.05, 3.63) is 48.6 Å². The minimum absolute atomic E-state index is 0.0568. The number of ether oxygens (including phenoxy) is 1. The first-order valence-electron chi connectivity index (χ1n) is 23.9. The summed E-state index contributed by atoms with van der Waals surface area (Å²) >= 11 is 0. The van der Waals surface area contributed by atoms with Crippen molar-refractivity contribution in [2.45, 2.75) is 251 Å². The number of aliphatic hydroxyl groups is 2. The van der Waals surface area contributed by atoms with Gasteiger partial charge in [-0.05, 0) is 77.0 Å². The SMILES string of the molecule is CC/C=C/C/C=C/C/C=C/CCCCCCC(=O)OC(CCCCC/C=C\CCC)CC(=O)NC(CO)C(O)CCCCCCCCCCCCCCCCC. The lowest BCUT2D eigenvalue weighted by atomic mass is 10.0. The van der Waals surface area contributed by atoms with Gasteiger partial charge in [0.1, 0.15) is 6.10 Å². The Hall–Kier alpha value is -2.18. The molecule has 0 bridgehead atoms. The summed E-state index contributed by atoms with van der Waals surface area (Å²) in [5.41, 5.74) is 0. The minimum Gasteiger partial charge on any atom is -0.462 e. The molecule has 3 N–H and O–H groups in total.